The van der Waals surface area contributed by atoms with Crippen LogP contribution in [0.4, 0.5) is 0 Å². The standard InChI is InChI=1S/C17H25N3O4S/c1-10-6-5-7-11(2)20(10)16(23)12(3)25-17-18-13(8-14(21)19-17)9-15(22)24-4/h8,10-12H,5-7,9H2,1-4H3,(H,18,19,21)/t10-,11-,12-/m1/s1. The number of H-pyrrole nitrogens is 1. The maximum atomic E-state index is 12.8. The van der Waals surface area contributed by atoms with Gasteiger partial charge in [-0.15, -0.1) is 0 Å². The summed E-state index contributed by atoms with van der Waals surface area (Å²) in [5.74, 6) is -0.417. The van der Waals surface area contributed by atoms with Crippen LogP contribution in [0.2, 0.25) is 0 Å². The highest BCUT2D eigenvalue weighted by Crippen LogP contribution is 2.27. The summed E-state index contributed by atoms with van der Waals surface area (Å²) in [5.41, 5.74) is -0.0202. The summed E-state index contributed by atoms with van der Waals surface area (Å²) < 4.78 is 4.60. The summed E-state index contributed by atoms with van der Waals surface area (Å²) in [6.45, 7) is 5.96. The summed E-state index contributed by atoms with van der Waals surface area (Å²) in [4.78, 5) is 44.8. The smallest absolute Gasteiger partial charge is 0.311 e. The van der Waals surface area contributed by atoms with Crippen LogP contribution in [0.15, 0.2) is 16.0 Å². The molecule has 0 saturated carbocycles. The van der Waals surface area contributed by atoms with Gasteiger partial charge in [-0.25, -0.2) is 4.98 Å². The second-order valence-corrected chi connectivity index (χ2v) is 7.76. The SMILES string of the molecule is COC(=O)Cc1cc(=O)[nH]c(S[C@H](C)C(=O)N2[C@H](C)CCC[C@H]2C)n1. The number of nitrogens with zero attached hydrogens (tertiary/aromatic N) is 2. The van der Waals surface area contributed by atoms with Crippen molar-refractivity contribution in [1.82, 2.24) is 14.9 Å². The van der Waals surface area contributed by atoms with E-state index in [2.05, 4.69) is 28.6 Å². The van der Waals surface area contributed by atoms with Gasteiger partial charge in [0.05, 0.1) is 24.5 Å². The fourth-order valence-corrected chi connectivity index (χ4v) is 4.02. The molecule has 1 aromatic rings. The molecular weight excluding hydrogens is 342 g/mol. The number of esters is 1. The number of likely N-dealkylation sites (tertiary alicyclic amines) is 1. The van der Waals surface area contributed by atoms with Crippen LogP contribution < -0.4 is 5.56 Å². The van der Waals surface area contributed by atoms with Gasteiger partial charge in [0.25, 0.3) is 5.56 Å². The molecule has 138 valence electrons. The van der Waals surface area contributed by atoms with Crippen LogP contribution in [-0.2, 0) is 20.7 Å². The average molecular weight is 367 g/mol. The molecule has 0 bridgehead atoms. The second kappa shape index (κ2) is 8.51. The zero-order valence-corrected chi connectivity index (χ0v) is 15.9. The summed E-state index contributed by atoms with van der Waals surface area (Å²) in [5, 5.41) is -0.0379. The van der Waals surface area contributed by atoms with Gasteiger partial charge in [-0.1, -0.05) is 11.8 Å². The first-order valence-electron chi connectivity index (χ1n) is 8.47. The lowest BCUT2D eigenvalue weighted by molar-refractivity contribution is -0.140. The molecule has 25 heavy (non-hydrogen) atoms. The van der Waals surface area contributed by atoms with Crippen LogP contribution in [0.1, 0.15) is 45.7 Å². The van der Waals surface area contributed by atoms with Crippen molar-refractivity contribution < 1.29 is 14.3 Å². The van der Waals surface area contributed by atoms with E-state index in [1.807, 2.05) is 11.8 Å². The number of hydrogen-bond donors (Lipinski definition) is 1. The van der Waals surface area contributed by atoms with Crippen LogP contribution >= 0.6 is 11.8 Å². The van der Waals surface area contributed by atoms with Crippen molar-refractivity contribution in [2.24, 2.45) is 0 Å². The Bertz CT molecular complexity index is 681. The van der Waals surface area contributed by atoms with E-state index in [0.717, 1.165) is 19.3 Å². The van der Waals surface area contributed by atoms with E-state index >= 15 is 0 Å². The first kappa shape index (κ1) is 19.5. The number of carbonyl (C=O) groups is 2. The Morgan fingerprint density at radius 3 is 2.64 bits per heavy atom. The van der Waals surface area contributed by atoms with Gasteiger partial charge >= 0.3 is 5.97 Å². The van der Waals surface area contributed by atoms with Crippen LogP contribution in [0.3, 0.4) is 0 Å². The highest BCUT2D eigenvalue weighted by Gasteiger charge is 2.32. The molecule has 1 saturated heterocycles. The number of aromatic nitrogens is 2. The Kier molecular flexibility index (Phi) is 6.64. The third-order valence-electron chi connectivity index (χ3n) is 4.41. The number of nitrogens with one attached hydrogen (secondary N) is 1. The lowest BCUT2D eigenvalue weighted by Crippen LogP contribution is -2.50. The fraction of sp³-hybridized carbons (Fsp3) is 0.647. The van der Waals surface area contributed by atoms with E-state index in [-0.39, 0.29) is 35.2 Å². The van der Waals surface area contributed by atoms with Gasteiger partial charge in [-0.2, -0.15) is 0 Å². The van der Waals surface area contributed by atoms with Gasteiger partial charge in [0.2, 0.25) is 5.91 Å². The van der Waals surface area contributed by atoms with Crippen molar-refractivity contribution in [2.45, 2.75) is 68.9 Å². The monoisotopic (exact) mass is 367 g/mol. The van der Waals surface area contributed by atoms with Crippen LogP contribution in [0.25, 0.3) is 0 Å². The summed E-state index contributed by atoms with van der Waals surface area (Å²) >= 11 is 1.20. The number of carbonyl (C=O) groups excluding carboxylic acids is 2. The van der Waals surface area contributed by atoms with Crippen molar-refractivity contribution in [3.05, 3.63) is 22.1 Å². The normalized spacial score (nSPS) is 21.7. The molecule has 0 aliphatic carbocycles. The second-order valence-electron chi connectivity index (χ2n) is 6.43. The van der Waals surface area contributed by atoms with E-state index in [9.17, 15) is 14.4 Å². The van der Waals surface area contributed by atoms with Crippen LogP contribution in [0.5, 0.6) is 0 Å². The lowest BCUT2D eigenvalue weighted by Gasteiger charge is -2.40. The molecule has 1 amide bonds. The Balaban J connectivity index is 2.11. The van der Waals surface area contributed by atoms with Crippen molar-refractivity contribution in [3.63, 3.8) is 0 Å². The maximum absolute atomic E-state index is 12.8. The highest BCUT2D eigenvalue weighted by molar-refractivity contribution is 8.00. The minimum atomic E-state index is -0.464. The number of amides is 1. The van der Waals surface area contributed by atoms with Crippen molar-refractivity contribution >= 4 is 23.6 Å². The highest BCUT2D eigenvalue weighted by atomic mass is 32.2. The topological polar surface area (TPSA) is 92.4 Å². The third-order valence-corrected chi connectivity index (χ3v) is 5.38. The Hall–Kier alpha value is -1.83. The molecule has 1 aliphatic heterocycles. The molecule has 1 aromatic heterocycles. The van der Waals surface area contributed by atoms with E-state index < -0.39 is 5.97 Å². The zero-order valence-electron chi connectivity index (χ0n) is 15.1. The molecule has 0 radical (unpaired) electrons. The minimum Gasteiger partial charge on any atom is -0.469 e. The molecule has 0 aromatic carbocycles. The molecular formula is C17H25N3O4S. The number of hydrogen-bond acceptors (Lipinski definition) is 6. The number of ether oxygens (including phenoxy) is 1. The Labute approximate surface area is 151 Å². The first-order valence-corrected chi connectivity index (χ1v) is 9.35. The van der Waals surface area contributed by atoms with Crippen molar-refractivity contribution in [3.8, 4) is 0 Å². The number of methoxy groups -OCH3 is 1. The van der Waals surface area contributed by atoms with Gasteiger partial charge in [0.1, 0.15) is 0 Å². The molecule has 2 heterocycles. The predicted molar refractivity (Wildman–Crippen MR) is 95.5 cm³/mol. The average Bonchev–Trinajstić information content (AvgIpc) is 2.53. The largest absolute Gasteiger partial charge is 0.469 e. The molecule has 7 nitrogen and oxygen atoms in total. The summed E-state index contributed by atoms with van der Waals surface area (Å²) in [6.07, 6.45) is 3.09. The van der Waals surface area contributed by atoms with Crippen molar-refractivity contribution in [2.75, 3.05) is 7.11 Å². The number of piperidine rings is 1. The number of thioether (sulfide) groups is 1. The summed E-state index contributed by atoms with van der Waals surface area (Å²) in [6, 6.07) is 1.70. The molecule has 0 unspecified atom stereocenters. The lowest BCUT2D eigenvalue weighted by atomic mass is 9.97. The van der Waals surface area contributed by atoms with Gasteiger partial charge < -0.3 is 14.6 Å². The molecule has 2 rings (SSSR count). The molecule has 3 atom stereocenters. The van der Waals surface area contributed by atoms with Crippen molar-refractivity contribution in [1.29, 1.82) is 0 Å². The van der Waals surface area contributed by atoms with Gasteiger partial charge in [0, 0.05) is 18.2 Å². The zero-order chi connectivity index (χ0) is 18.6. The predicted octanol–water partition coefficient (Wildman–Crippen LogP) is 1.76. The Morgan fingerprint density at radius 2 is 2.04 bits per heavy atom. The summed E-state index contributed by atoms with van der Waals surface area (Å²) in [7, 11) is 1.28. The first-order chi connectivity index (χ1) is 11.8. The van der Waals surface area contributed by atoms with Gasteiger partial charge in [-0.3, -0.25) is 14.4 Å². The quantitative estimate of drug-likeness (QED) is 0.484. The molecule has 0 spiro atoms. The van der Waals surface area contributed by atoms with Crippen LogP contribution in [0, 0.1) is 0 Å². The third kappa shape index (κ3) is 5.07. The molecule has 1 aliphatic rings. The number of rotatable bonds is 5. The molecule has 1 fully saturated rings. The van der Waals surface area contributed by atoms with Crippen LogP contribution in [-0.4, -0.2) is 51.2 Å². The minimum absolute atomic E-state index is 0.0470. The molecule has 8 heteroatoms. The van der Waals surface area contributed by atoms with Gasteiger partial charge in [-0.05, 0) is 40.0 Å². The maximum Gasteiger partial charge on any atom is 0.311 e. The van der Waals surface area contributed by atoms with E-state index in [4.69, 9.17) is 0 Å². The molecule has 1 N–H and O–H groups in total. The van der Waals surface area contributed by atoms with Gasteiger partial charge in [0.15, 0.2) is 5.16 Å². The Morgan fingerprint density at radius 1 is 1.40 bits per heavy atom. The fourth-order valence-electron chi connectivity index (χ4n) is 3.13. The van der Waals surface area contributed by atoms with E-state index in [0.29, 0.717) is 10.9 Å². The van der Waals surface area contributed by atoms with E-state index in [1.54, 1.807) is 0 Å². The number of aromatic amines is 1. The van der Waals surface area contributed by atoms with E-state index in [1.165, 1.54) is 24.9 Å².